The molecular formula is C10H16ClNS. The Morgan fingerprint density at radius 1 is 1.54 bits per heavy atom. The standard InChI is InChI=1S/C10H16ClNS/c1-9(2)12(5-4-11)7-10-3-6-13-8-10/h3,6,8-9H,4-5,7H2,1-2H3. The van der Waals surface area contributed by atoms with E-state index in [1.807, 2.05) is 0 Å². The molecule has 0 saturated heterocycles. The van der Waals surface area contributed by atoms with Crippen LogP contribution in [-0.4, -0.2) is 23.4 Å². The predicted octanol–water partition coefficient (Wildman–Crippen LogP) is 3.20. The average molecular weight is 218 g/mol. The Morgan fingerprint density at radius 2 is 2.31 bits per heavy atom. The predicted molar refractivity (Wildman–Crippen MR) is 60.6 cm³/mol. The minimum Gasteiger partial charge on any atom is -0.295 e. The molecule has 0 radical (unpaired) electrons. The van der Waals surface area contributed by atoms with Crippen molar-refractivity contribution in [3.63, 3.8) is 0 Å². The minimum absolute atomic E-state index is 0.568. The van der Waals surface area contributed by atoms with E-state index in [1.165, 1.54) is 5.56 Å². The molecule has 1 aromatic heterocycles. The molecule has 1 nitrogen and oxygen atoms in total. The van der Waals surface area contributed by atoms with Gasteiger partial charge < -0.3 is 0 Å². The highest BCUT2D eigenvalue weighted by atomic mass is 35.5. The van der Waals surface area contributed by atoms with Crippen LogP contribution in [0.25, 0.3) is 0 Å². The van der Waals surface area contributed by atoms with Crippen LogP contribution in [0, 0.1) is 0 Å². The van der Waals surface area contributed by atoms with Crippen LogP contribution in [0.2, 0.25) is 0 Å². The summed E-state index contributed by atoms with van der Waals surface area (Å²) in [4.78, 5) is 2.38. The number of hydrogen-bond acceptors (Lipinski definition) is 2. The fourth-order valence-electron chi connectivity index (χ4n) is 1.25. The number of hydrogen-bond donors (Lipinski definition) is 0. The Bertz CT molecular complexity index is 221. The Labute approximate surface area is 89.3 Å². The lowest BCUT2D eigenvalue weighted by molar-refractivity contribution is 0.226. The fraction of sp³-hybridized carbons (Fsp3) is 0.600. The smallest absolute Gasteiger partial charge is 0.0351 e. The summed E-state index contributed by atoms with van der Waals surface area (Å²) in [5.41, 5.74) is 1.39. The number of alkyl halides is 1. The van der Waals surface area contributed by atoms with Crippen molar-refractivity contribution in [1.29, 1.82) is 0 Å². The van der Waals surface area contributed by atoms with E-state index in [1.54, 1.807) is 11.3 Å². The maximum absolute atomic E-state index is 5.74. The molecule has 0 unspecified atom stereocenters. The first-order valence-corrected chi connectivity index (χ1v) is 6.03. The summed E-state index contributed by atoms with van der Waals surface area (Å²) in [6.45, 7) is 6.40. The van der Waals surface area contributed by atoms with Crippen molar-refractivity contribution in [2.75, 3.05) is 12.4 Å². The number of nitrogens with zero attached hydrogens (tertiary/aromatic N) is 1. The Balaban J connectivity index is 2.47. The SMILES string of the molecule is CC(C)N(CCCl)Cc1ccsc1. The number of thiophene rings is 1. The molecule has 1 heterocycles. The second-order valence-electron chi connectivity index (χ2n) is 3.38. The largest absolute Gasteiger partial charge is 0.295 e. The molecule has 0 aromatic carbocycles. The molecule has 0 saturated carbocycles. The van der Waals surface area contributed by atoms with Crippen molar-refractivity contribution in [3.05, 3.63) is 22.4 Å². The van der Waals surface area contributed by atoms with Crippen molar-refractivity contribution in [3.8, 4) is 0 Å². The fourth-order valence-corrected chi connectivity index (χ4v) is 2.12. The Hall–Kier alpha value is -0.0500. The van der Waals surface area contributed by atoms with Crippen LogP contribution >= 0.6 is 22.9 Å². The quantitative estimate of drug-likeness (QED) is 0.685. The first-order chi connectivity index (χ1) is 6.24. The molecule has 0 aliphatic heterocycles. The van der Waals surface area contributed by atoms with Crippen molar-refractivity contribution >= 4 is 22.9 Å². The lowest BCUT2D eigenvalue weighted by Crippen LogP contribution is -2.31. The summed E-state index contributed by atoms with van der Waals surface area (Å²) in [6.07, 6.45) is 0. The van der Waals surface area contributed by atoms with Crippen molar-refractivity contribution in [1.82, 2.24) is 4.90 Å². The van der Waals surface area contributed by atoms with Gasteiger partial charge in [0.1, 0.15) is 0 Å². The van der Waals surface area contributed by atoms with Crippen LogP contribution in [0.15, 0.2) is 16.8 Å². The van der Waals surface area contributed by atoms with Gasteiger partial charge in [-0.3, -0.25) is 4.90 Å². The molecule has 74 valence electrons. The summed E-state index contributed by atoms with van der Waals surface area (Å²) < 4.78 is 0. The van der Waals surface area contributed by atoms with E-state index in [-0.39, 0.29) is 0 Å². The van der Waals surface area contributed by atoms with Crippen LogP contribution in [0.5, 0.6) is 0 Å². The molecule has 0 amide bonds. The third-order valence-corrected chi connectivity index (χ3v) is 2.97. The molecule has 1 rings (SSSR count). The summed E-state index contributed by atoms with van der Waals surface area (Å²) >= 11 is 7.49. The van der Waals surface area contributed by atoms with Gasteiger partial charge in [-0.1, -0.05) is 0 Å². The summed E-state index contributed by atoms with van der Waals surface area (Å²) in [5.74, 6) is 0.711. The average Bonchev–Trinajstić information content (AvgIpc) is 2.56. The molecule has 0 atom stereocenters. The summed E-state index contributed by atoms with van der Waals surface area (Å²) in [7, 11) is 0. The Kier molecular flexibility index (Phi) is 4.78. The maximum atomic E-state index is 5.74. The zero-order valence-electron chi connectivity index (χ0n) is 8.16. The van der Waals surface area contributed by atoms with E-state index in [4.69, 9.17) is 11.6 Å². The van der Waals surface area contributed by atoms with E-state index in [0.717, 1.165) is 13.1 Å². The highest BCUT2D eigenvalue weighted by molar-refractivity contribution is 7.07. The van der Waals surface area contributed by atoms with E-state index >= 15 is 0 Å². The second kappa shape index (κ2) is 5.63. The number of rotatable bonds is 5. The topological polar surface area (TPSA) is 3.24 Å². The van der Waals surface area contributed by atoms with Crippen LogP contribution in [0.3, 0.4) is 0 Å². The molecule has 0 spiro atoms. The van der Waals surface area contributed by atoms with Crippen LogP contribution in [0.4, 0.5) is 0 Å². The first kappa shape index (κ1) is 11.0. The van der Waals surface area contributed by atoms with Gasteiger partial charge in [0.15, 0.2) is 0 Å². The highest BCUT2D eigenvalue weighted by Crippen LogP contribution is 2.11. The Morgan fingerprint density at radius 3 is 2.77 bits per heavy atom. The zero-order valence-corrected chi connectivity index (χ0v) is 9.74. The second-order valence-corrected chi connectivity index (χ2v) is 4.54. The molecule has 13 heavy (non-hydrogen) atoms. The monoisotopic (exact) mass is 217 g/mol. The van der Waals surface area contributed by atoms with E-state index < -0.39 is 0 Å². The summed E-state index contributed by atoms with van der Waals surface area (Å²) in [5, 5.41) is 4.32. The molecule has 0 fully saturated rings. The third-order valence-electron chi connectivity index (χ3n) is 2.07. The summed E-state index contributed by atoms with van der Waals surface area (Å²) in [6, 6.07) is 2.74. The van der Waals surface area contributed by atoms with Crippen molar-refractivity contribution < 1.29 is 0 Å². The normalized spacial score (nSPS) is 11.5. The molecule has 0 bridgehead atoms. The molecule has 0 aliphatic rings. The van der Waals surface area contributed by atoms with Gasteiger partial charge in [-0.05, 0) is 36.2 Å². The minimum atomic E-state index is 0.568. The van der Waals surface area contributed by atoms with E-state index in [0.29, 0.717) is 11.9 Å². The van der Waals surface area contributed by atoms with Crippen molar-refractivity contribution in [2.45, 2.75) is 26.4 Å². The highest BCUT2D eigenvalue weighted by Gasteiger charge is 2.08. The van der Waals surface area contributed by atoms with Crippen LogP contribution in [0.1, 0.15) is 19.4 Å². The van der Waals surface area contributed by atoms with E-state index in [9.17, 15) is 0 Å². The molecular weight excluding hydrogens is 202 g/mol. The zero-order chi connectivity index (χ0) is 9.68. The van der Waals surface area contributed by atoms with Crippen molar-refractivity contribution in [2.24, 2.45) is 0 Å². The van der Waals surface area contributed by atoms with Gasteiger partial charge >= 0.3 is 0 Å². The third kappa shape index (κ3) is 3.67. The maximum Gasteiger partial charge on any atom is 0.0351 e. The van der Waals surface area contributed by atoms with E-state index in [2.05, 4.69) is 35.6 Å². The van der Waals surface area contributed by atoms with Gasteiger partial charge in [0.2, 0.25) is 0 Å². The van der Waals surface area contributed by atoms with Crippen LogP contribution < -0.4 is 0 Å². The molecule has 1 aromatic rings. The van der Waals surface area contributed by atoms with Gasteiger partial charge in [-0.2, -0.15) is 11.3 Å². The van der Waals surface area contributed by atoms with Gasteiger partial charge in [-0.15, -0.1) is 11.6 Å². The first-order valence-electron chi connectivity index (χ1n) is 4.55. The molecule has 3 heteroatoms. The lowest BCUT2D eigenvalue weighted by Gasteiger charge is -2.24. The van der Waals surface area contributed by atoms with Gasteiger partial charge in [0, 0.05) is 25.0 Å². The molecule has 0 aliphatic carbocycles. The van der Waals surface area contributed by atoms with Crippen LogP contribution in [-0.2, 0) is 6.54 Å². The van der Waals surface area contributed by atoms with Gasteiger partial charge in [-0.25, -0.2) is 0 Å². The van der Waals surface area contributed by atoms with Gasteiger partial charge in [0.05, 0.1) is 0 Å². The number of halogens is 1. The lowest BCUT2D eigenvalue weighted by atomic mass is 10.2. The molecule has 0 N–H and O–H groups in total. The van der Waals surface area contributed by atoms with Gasteiger partial charge in [0.25, 0.3) is 0 Å².